The Balaban J connectivity index is 0.892. The van der Waals surface area contributed by atoms with Crippen molar-refractivity contribution in [2.45, 2.75) is 44.6 Å². The van der Waals surface area contributed by atoms with Crippen molar-refractivity contribution in [1.29, 1.82) is 0 Å². The minimum atomic E-state index is -0.940. The number of pyridine rings is 1. The minimum Gasteiger partial charge on any atom is -0.373 e. The van der Waals surface area contributed by atoms with Crippen LogP contribution in [0.25, 0.3) is 0 Å². The van der Waals surface area contributed by atoms with Crippen LogP contribution in [0.5, 0.6) is 0 Å². The highest BCUT2D eigenvalue weighted by atomic mass is 16.2. The zero-order valence-corrected chi connectivity index (χ0v) is 24.7. The summed E-state index contributed by atoms with van der Waals surface area (Å²) < 4.78 is 0. The third-order valence-electron chi connectivity index (χ3n) is 10.3. The van der Waals surface area contributed by atoms with Crippen LogP contribution in [0.4, 0.5) is 17.2 Å². The molecule has 1 aromatic carbocycles. The molecule has 226 valence electrons. The van der Waals surface area contributed by atoms with Gasteiger partial charge < -0.3 is 20.0 Å². The van der Waals surface area contributed by atoms with Gasteiger partial charge in [-0.05, 0) is 81.4 Å². The lowest BCUT2D eigenvalue weighted by atomic mass is 9.71. The molecule has 4 saturated heterocycles. The SMILES string of the molecule is CNc1ccc(N2CC3(CCN(CC4CCN(c5ccc6c(c5)C(=O)N(C5CCC(=O)NC5=O)C6=O)CC4)CC3)C2)cn1. The van der Waals surface area contributed by atoms with Crippen molar-refractivity contribution in [3.8, 4) is 0 Å². The van der Waals surface area contributed by atoms with Crippen molar-refractivity contribution >= 4 is 40.8 Å². The van der Waals surface area contributed by atoms with Gasteiger partial charge in [-0.15, -0.1) is 0 Å². The maximum atomic E-state index is 13.2. The number of likely N-dealkylation sites (tertiary alicyclic amines) is 1. The Bertz CT molecular complexity index is 1440. The third kappa shape index (κ3) is 5.13. The molecular weight excluding hydrogens is 546 g/mol. The number of benzene rings is 1. The van der Waals surface area contributed by atoms with Crippen LogP contribution < -0.4 is 20.4 Å². The Kier molecular flexibility index (Phi) is 7.07. The van der Waals surface area contributed by atoms with E-state index in [2.05, 4.69) is 36.4 Å². The lowest BCUT2D eigenvalue weighted by molar-refractivity contribution is -0.136. The van der Waals surface area contributed by atoms with Crippen molar-refractivity contribution < 1.29 is 19.2 Å². The smallest absolute Gasteiger partial charge is 0.262 e. The molecule has 0 aliphatic carbocycles. The monoisotopic (exact) mass is 585 g/mol. The van der Waals surface area contributed by atoms with Gasteiger partial charge in [0, 0.05) is 57.3 Å². The summed E-state index contributed by atoms with van der Waals surface area (Å²) in [6.07, 6.45) is 6.94. The van der Waals surface area contributed by atoms with Gasteiger partial charge in [0.2, 0.25) is 11.8 Å². The molecule has 4 amide bonds. The summed E-state index contributed by atoms with van der Waals surface area (Å²) in [6.45, 7) is 7.54. The second kappa shape index (κ2) is 10.9. The van der Waals surface area contributed by atoms with Crippen LogP contribution in [-0.4, -0.2) is 97.3 Å². The van der Waals surface area contributed by atoms with E-state index in [1.807, 2.05) is 25.4 Å². The second-order valence-electron chi connectivity index (χ2n) is 12.9. The van der Waals surface area contributed by atoms with Crippen LogP contribution in [-0.2, 0) is 9.59 Å². The Labute approximate surface area is 251 Å². The predicted molar refractivity (Wildman–Crippen MR) is 162 cm³/mol. The Morgan fingerprint density at radius 1 is 0.884 bits per heavy atom. The standard InChI is InChI=1S/C32H39N7O4/c1-33-27-6-3-23(17-34-27)38-19-32(20-38)10-14-36(15-11-32)18-21-8-12-37(13-9-21)22-2-4-24-25(16-22)31(43)39(30(24)42)26-5-7-28(40)35-29(26)41/h2-4,6,16-17,21,26H,5,7-15,18-20H2,1H3,(H,33,34)(H,35,40,41). The molecule has 7 rings (SSSR count). The molecule has 43 heavy (non-hydrogen) atoms. The van der Waals surface area contributed by atoms with E-state index in [-0.39, 0.29) is 18.7 Å². The first kappa shape index (κ1) is 27.8. The number of anilines is 3. The van der Waals surface area contributed by atoms with E-state index < -0.39 is 23.8 Å². The summed E-state index contributed by atoms with van der Waals surface area (Å²) in [6, 6.07) is 8.68. The van der Waals surface area contributed by atoms with Crippen molar-refractivity contribution in [1.82, 2.24) is 20.1 Å². The van der Waals surface area contributed by atoms with Gasteiger partial charge in [-0.2, -0.15) is 0 Å². The van der Waals surface area contributed by atoms with Crippen molar-refractivity contribution in [2.24, 2.45) is 11.3 Å². The molecule has 4 fully saturated rings. The summed E-state index contributed by atoms with van der Waals surface area (Å²) in [4.78, 5) is 63.1. The van der Waals surface area contributed by atoms with E-state index in [0.29, 0.717) is 22.5 Å². The van der Waals surface area contributed by atoms with Gasteiger partial charge in [-0.1, -0.05) is 0 Å². The highest BCUT2D eigenvalue weighted by molar-refractivity contribution is 6.23. The Hall–Kier alpha value is -3.99. The first-order valence-corrected chi connectivity index (χ1v) is 15.5. The zero-order valence-electron chi connectivity index (χ0n) is 24.7. The number of rotatable bonds is 6. The number of carbonyl (C=O) groups excluding carboxylic acids is 4. The molecule has 2 N–H and O–H groups in total. The van der Waals surface area contributed by atoms with Gasteiger partial charge in [-0.3, -0.25) is 29.4 Å². The summed E-state index contributed by atoms with van der Waals surface area (Å²) in [5.74, 6) is -0.316. The van der Waals surface area contributed by atoms with Gasteiger partial charge in [0.1, 0.15) is 11.9 Å². The number of nitrogens with zero attached hydrogens (tertiary/aromatic N) is 5. The molecule has 0 saturated carbocycles. The molecule has 11 heteroatoms. The summed E-state index contributed by atoms with van der Waals surface area (Å²) >= 11 is 0. The van der Waals surface area contributed by atoms with Crippen molar-refractivity contribution in [2.75, 3.05) is 68.0 Å². The maximum Gasteiger partial charge on any atom is 0.262 e. The number of hydrogen-bond acceptors (Lipinski definition) is 9. The average Bonchev–Trinajstić information content (AvgIpc) is 3.25. The molecule has 11 nitrogen and oxygen atoms in total. The number of fused-ring (bicyclic) bond motifs is 1. The second-order valence-corrected chi connectivity index (χ2v) is 12.9. The molecule has 1 aromatic heterocycles. The normalized spacial score (nSPS) is 24.3. The molecule has 2 aromatic rings. The largest absolute Gasteiger partial charge is 0.373 e. The molecule has 1 unspecified atom stereocenters. The fourth-order valence-corrected chi connectivity index (χ4v) is 7.59. The van der Waals surface area contributed by atoms with E-state index in [9.17, 15) is 19.2 Å². The molecule has 5 aliphatic rings. The molecule has 6 heterocycles. The van der Waals surface area contributed by atoms with Gasteiger partial charge in [0.15, 0.2) is 0 Å². The number of piperidine rings is 3. The number of nitrogens with one attached hydrogen (secondary N) is 2. The highest BCUT2D eigenvalue weighted by Crippen LogP contribution is 2.43. The van der Waals surface area contributed by atoms with Crippen LogP contribution in [0.2, 0.25) is 0 Å². The quantitative estimate of drug-likeness (QED) is 0.493. The predicted octanol–water partition coefficient (Wildman–Crippen LogP) is 2.34. The number of carbonyl (C=O) groups is 4. The van der Waals surface area contributed by atoms with Crippen molar-refractivity contribution in [3.63, 3.8) is 0 Å². The van der Waals surface area contributed by atoms with E-state index >= 15 is 0 Å². The first-order chi connectivity index (χ1) is 20.8. The van der Waals surface area contributed by atoms with Gasteiger partial charge in [0.25, 0.3) is 11.8 Å². The van der Waals surface area contributed by atoms with E-state index in [0.717, 1.165) is 75.1 Å². The molecule has 1 atom stereocenters. The average molecular weight is 586 g/mol. The molecular formula is C32H39N7O4. The Morgan fingerprint density at radius 2 is 1.60 bits per heavy atom. The zero-order chi connectivity index (χ0) is 29.7. The fraction of sp³-hybridized carbons (Fsp3) is 0.531. The van der Waals surface area contributed by atoms with E-state index in [1.54, 1.807) is 12.1 Å². The summed E-state index contributed by atoms with van der Waals surface area (Å²) in [7, 11) is 1.89. The number of imide groups is 2. The number of hydrogen-bond donors (Lipinski definition) is 2. The Morgan fingerprint density at radius 3 is 2.28 bits per heavy atom. The van der Waals surface area contributed by atoms with Crippen LogP contribution in [0.3, 0.4) is 0 Å². The molecule has 0 radical (unpaired) electrons. The summed E-state index contributed by atoms with van der Waals surface area (Å²) in [5, 5.41) is 5.33. The minimum absolute atomic E-state index is 0.116. The first-order valence-electron chi connectivity index (χ1n) is 15.5. The molecule has 5 aliphatic heterocycles. The molecule has 0 bridgehead atoms. The molecule has 1 spiro atoms. The van der Waals surface area contributed by atoms with E-state index in [4.69, 9.17) is 0 Å². The van der Waals surface area contributed by atoms with Gasteiger partial charge in [-0.25, -0.2) is 4.98 Å². The maximum absolute atomic E-state index is 13.2. The van der Waals surface area contributed by atoms with Gasteiger partial charge >= 0.3 is 0 Å². The van der Waals surface area contributed by atoms with Crippen LogP contribution in [0, 0.1) is 11.3 Å². The lowest BCUT2D eigenvalue weighted by Crippen LogP contribution is -2.60. The van der Waals surface area contributed by atoms with Crippen molar-refractivity contribution in [3.05, 3.63) is 47.7 Å². The topological polar surface area (TPSA) is 118 Å². The number of amides is 4. The lowest BCUT2D eigenvalue weighted by Gasteiger charge is -2.55. The number of aromatic nitrogens is 1. The van der Waals surface area contributed by atoms with Crippen LogP contribution in [0.15, 0.2) is 36.5 Å². The van der Waals surface area contributed by atoms with Crippen LogP contribution >= 0.6 is 0 Å². The van der Waals surface area contributed by atoms with Crippen LogP contribution in [0.1, 0.15) is 59.2 Å². The third-order valence-corrected chi connectivity index (χ3v) is 10.3. The fourth-order valence-electron chi connectivity index (χ4n) is 7.59. The van der Waals surface area contributed by atoms with Gasteiger partial charge in [0.05, 0.1) is 23.0 Å². The highest BCUT2D eigenvalue weighted by Gasteiger charge is 2.46. The summed E-state index contributed by atoms with van der Waals surface area (Å²) in [5.41, 5.74) is 3.27. The van der Waals surface area contributed by atoms with E-state index in [1.165, 1.54) is 18.5 Å².